The van der Waals surface area contributed by atoms with Gasteiger partial charge in [0.15, 0.2) is 5.16 Å². The van der Waals surface area contributed by atoms with Crippen molar-refractivity contribution in [1.82, 2.24) is 14.8 Å². The molecule has 9 heteroatoms. The number of nitrogens with one attached hydrogen (secondary N) is 1. The van der Waals surface area contributed by atoms with Gasteiger partial charge in [-0.25, -0.2) is 0 Å². The van der Waals surface area contributed by atoms with Gasteiger partial charge in [-0.1, -0.05) is 30.0 Å². The maximum atomic E-state index is 12.3. The van der Waals surface area contributed by atoms with Crippen LogP contribution in [-0.4, -0.2) is 39.5 Å². The van der Waals surface area contributed by atoms with Gasteiger partial charge in [0.2, 0.25) is 0 Å². The third kappa shape index (κ3) is 5.78. The fourth-order valence-electron chi connectivity index (χ4n) is 2.93. The number of amides is 1. The fourth-order valence-corrected chi connectivity index (χ4v) is 3.63. The number of thioether (sulfide) groups is 1. The van der Waals surface area contributed by atoms with Crippen LogP contribution >= 0.6 is 11.8 Å². The molecule has 0 saturated heterocycles. The second kappa shape index (κ2) is 10.5. The number of esters is 1. The lowest BCUT2D eigenvalue weighted by Gasteiger charge is -2.08. The van der Waals surface area contributed by atoms with Crippen molar-refractivity contribution in [1.29, 1.82) is 0 Å². The molecule has 3 aromatic carbocycles. The Bertz CT molecular complexity index is 1230. The van der Waals surface area contributed by atoms with Crippen LogP contribution in [0.3, 0.4) is 0 Å². The van der Waals surface area contributed by atoms with Gasteiger partial charge in [-0.2, -0.15) is 0 Å². The minimum Gasteiger partial charge on any atom is -0.497 e. The fraction of sp³-hybridized carbons (Fsp3) is 0.0833. The first-order valence-corrected chi connectivity index (χ1v) is 11.0. The van der Waals surface area contributed by atoms with E-state index in [0.717, 1.165) is 11.4 Å². The molecule has 1 aromatic heterocycles. The van der Waals surface area contributed by atoms with E-state index in [0.29, 0.717) is 22.2 Å². The lowest BCUT2D eigenvalue weighted by molar-refractivity contribution is -0.131. The van der Waals surface area contributed by atoms with Gasteiger partial charge in [0, 0.05) is 16.9 Å². The molecule has 0 fully saturated rings. The summed E-state index contributed by atoms with van der Waals surface area (Å²) >= 11 is 1.22. The topological polar surface area (TPSA) is 95.3 Å². The molecule has 4 aromatic rings. The van der Waals surface area contributed by atoms with Crippen molar-refractivity contribution in [3.05, 3.63) is 90.8 Å². The predicted octanol–water partition coefficient (Wildman–Crippen LogP) is 4.23. The van der Waals surface area contributed by atoms with E-state index in [1.54, 1.807) is 66.5 Å². The molecular weight excluding hydrogens is 440 g/mol. The number of methoxy groups -OCH3 is 1. The Morgan fingerprint density at radius 1 is 0.939 bits per heavy atom. The molecule has 0 atom stereocenters. The van der Waals surface area contributed by atoms with E-state index in [1.165, 1.54) is 11.8 Å². The number of benzene rings is 3. The summed E-state index contributed by atoms with van der Waals surface area (Å²) in [6.07, 6.45) is 1.58. The molecule has 0 saturated carbocycles. The highest BCUT2D eigenvalue weighted by molar-refractivity contribution is 7.99. The Balaban J connectivity index is 1.31. The Kier molecular flexibility index (Phi) is 7.01. The summed E-state index contributed by atoms with van der Waals surface area (Å²) in [4.78, 5) is 24.5. The summed E-state index contributed by atoms with van der Waals surface area (Å²) < 4.78 is 12.3. The first-order valence-electron chi connectivity index (χ1n) is 9.97. The number of aromatic nitrogens is 3. The molecule has 0 aliphatic heterocycles. The molecule has 0 spiro atoms. The minimum atomic E-state index is -0.426. The van der Waals surface area contributed by atoms with Crippen molar-refractivity contribution in [2.24, 2.45) is 0 Å². The van der Waals surface area contributed by atoms with E-state index >= 15 is 0 Å². The van der Waals surface area contributed by atoms with Crippen LogP contribution in [0.4, 0.5) is 5.69 Å². The summed E-state index contributed by atoms with van der Waals surface area (Å²) in [6, 6.07) is 23.0. The van der Waals surface area contributed by atoms with Crippen LogP contribution in [0.25, 0.3) is 5.69 Å². The Morgan fingerprint density at radius 2 is 1.64 bits per heavy atom. The van der Waals surface area contributed by atoms with E-state index in [-0.39, 0.29) is 11.7 Å². The third-order valence-corrected chi connectivity index (χ3v) is 5.48. The second-order valence-corrected chi connectivity index (χ2v) is 7.73. The van der Waals surface area contributed by atoms with Crippen LogP contribution < -0.4 is 14.8 Å². The van der Waals surface area contributed by atoms with Gasteiger partial charge in [-0.15, -0.1) is 10.2 Å². The van der Waals surface area contributed by atoms with Crippen LogP contribution in [-0.2, 0) is 4.79 Å². The maximum absolute atomic E-state index is 12.3. The zero-order chi connectivity index (χ0) is 23.0. The van der Waals surface area contributed by atoms with E-state index in [1.807, 2.05) is 30.3 Å². The lowest BCUT2D eigenvalue weighted by Crippen LogP contribution is -2.12. The smallest absolute Gasteiger partial charge is 0.321 e. The van der Waals surface area contributed by atoms with Crippen LogP contribution in [0, 0.1) is 0 Å². The van der Waals surface area contributed by atoms with Gasteiger partial charge in [-0.3, -0.25) is 14.2 Å². The predicted molar refractivity (Wildman–Crippen MR) is 125 cm³/mol. The Hall–Kier alpha value is -4.11. The van der Waals surface area contributed by atoms with E-state index in [2.05, 4.69) is 15.5 Å². The zero-order valence-corrected chi connectivity index (χ0v) is 18.5. The molecule has 4 rings (SSSR count). The molecule has 1 N–H and O–H groups in total. The average molecular weight is 461 g/mol. The number of anilines is 1. The number of carbonyl (C=O) groups excluding carboxylic acids is 2. The van der Waals surface area contributed by atoms with Crippen LogP contribution in [0.15, 0.2) is 90.3 Å². The van der Waals surface area contributed by atoms with Gasteiger partial charge >= 0.3 is 5.97 Å². The van der Waals surface area contributed by atoms with Crippen molar-refractivity contribution in [2.75, 3.05) is 18.2 Å². The number of ether oxygens (including phenoxy) is 2. The molecule has 0 aliphatic carbocycles. The molecule has 166 valence electrons. The summed E-state index contributed by atoms with van der Waals surface area (Å²) in [7, 11) is 1.61. The minimum absolute atomic E-state index is 0.0569. The first kappa shape index (κ1) is 22.1. The van der Waals surface area contributed by atoms with Crippen molar-refractivity contribution >= 4 is 29.3 Å². The van der Waals surface area contributed by atoms with Gasteiger partial charge in [0.05, 0.1) is 12.9 Å². The first-order chi connectivity index (χ1) is 16.1. The van der Waals surface area contributed by atoms with Crippen LogP contribution in [0.5, 0.6) is 11.5 Å². The maximum Gasteiger partial charge on any atom is 0.321 e. The molecule has 0 unspecified atom stereocenters. The highest BCUT2D eigenvalue weighted by atomic mass is 32.2. The zero-order valence-electron chi connectivity index (χ0n) is 17.7. The Labute approximate surface area is 194 Å². The van der Waals surface area contributed by atoms with E-state index in [9.17, 15) is 9.59 Å². The Morgan fingerprint density at radius 3 is 2.33 bits per heavy atom. The highest BCUT2D eigenvalue weighted by Crippen LogP contribution is 2.22. The van der Waals surface area contributed by atoms with Gasteiger partial charge in [-0.05, 0) is 60.7 Å². The number of rotatable bonds is 8. The largest absolute Gasteiger partial charge is 0.497 e. The van der Waals surface area contributed by atoms with Gasteiger partial charge in [0.1, 0.15) is 17.8 Å². The molecule has 8 nitrogen and oxygen atoms in total. The molecule has 0 bridgehead atoms. The van der Waals surface area contributed by atoms with Crippen molar-refractivity contribution < 1.29 is 19.1 Å². The normalized spacial score (nSPS) is 10.5. The monoisotopic (exact) mass is 460 g/mol. The van der Waals surface area contributed by atoms with Crippen LogP contribution in [0.1, 0.15) is 10.4 Å². The summed E-state index contributed by atoms with van der Waals surface area (Å²) in [5.74, 6) is 0.551. The molecule has 0 aliphatic rings. The van der Waals surface area contributed by atoms with Gasteiger partial charge < -0.3 is 14.8 Å². The summed E-state index contributed by atoms with van der Waals surface area (Å²) in [5, 5.41) is 11.4. The molecule has 0 radical (unpaired) electrons. The molecule has 33 heavy (non-hydrogen) atoms. The standard InChI is InChI=1S/C24H20N4O4S/c1-31-20-13-9-19(10-14-20)28-16-25-27-24(28)33-15-22(29)32-21-11-7-18(8-12-21)26-23(30)17-5-3-2-4-6-17/h2-14,16H,15H2,1H3,(H,26,30). The number of hydrogen-bond donors (Lipinski definition) is 1. The van der Waals surface area contributed by atoms with Crippen LogP contribution in [0.2, 0.25) is 0 Å². The lowest BCUT2D eigenvalue weighted by atomic mass is 10.2. The summed E-state index contributed by atoms with van der Waals surface area (Å²) in [6.45, 7) is 0. The summed E-state index contributed by atoms with van der Waals surface area (Å²) in [5.41, 5.74) is 2.02. The van der Waals surface area contributed by atoms with E-state index in [4.69, 9.17) is 9.47 Å². The van der Waals surface area contributed by atoms with Gasteiger partial charge in [0.25, 0.3) is 5.91 Å². The quantitative estimate of drug-likeness (QED) is 0.239. The molecule has 1 heterocycles. The molecule has 1 amide bonds. The second-order valence-electron chi connectivity index (χ2n) is 6.79. The van der Waals surface area contributed by atoms with E-state index < -0.39 is 5.97 Å². The molecular formula is C24H20N4O4S. The number of nitrogens with zero attached hydrogens (tertiary/aromatic N) is 3. The highest BCUT2D eigenvalue weighted by Gasteiger charge is 2.12. The SMILES string of the molecule is COc1ccc(-n2cnnc2SCC(=O)Oc2ccc(NC(=O)c3ccccc3)cc2)cc1. The number of carbonyl (C=O) groups is 2. The van der Waals surface area contributed by atoms with Crippen molar-refractivity contribution in [3.63, 3.8) is 0 Å². The van der Waals surface area contributed by atoms with Crippen molar-refractivity contribution in [3.8, 4) is 17.2 Å². The van der Waals surface area contributed by atoms with Crippen molar-refractivity contribution in [2.45, 2.75) is 5.16 Å². The average Bonchev–Trinajstić information content (AvgIpc) is 3.33. The number of hydrogen-bond acceptors (Lipinski definition) is 7. The third-order valence-electron chi connectivity index (χ3n) is 4.57.